The lowest BCUT2D eigenvalue weighted by molar-refractivity contribution is -0.131. The molecule has 0 spiro atoms. The van der Waals surface area contributed by atoms with Crippen LogP contribution in [-0.2, 0) is 11.2 Å². The lowest BCUT2D eigenvalue weighted by atomic mass is 10.1. The fourth-order valence-electron chi connectivity index (χ4n) is 2.89. The molecule has 0 bridgehead atoms. The van der Waals surface area contributed by atoms with E-state index >= 15 is 0 Å². The van der Waals surface area contributed by atoms with Gasteiger partial charge in [0.15, 0.2) is 0 Å². The van der Waals surface area contributed by atoms with Gasteiger partial charge in [-0.1, -0.05) is 23.8 Å². The van der Waals surface area contributed by atoms with Crippen molar-refractivity contribution in [1.82, 2.24) is 9.88 Å². The van der Waals surface area contributed by atoms with E-state index in [2.05, 4.69) is 36.2 Å². The second-order valence-corrected chi connectivity index (χ2v) is 7.10. The molecule has 0 aliphatic carbocycles. The Kier molecular flexibility index (Phi) is 4.57. The van der Waals surface area contributed by atoms with Crippen molar-refractivity contribution in [3.05, 3.63) is 40.4 Å². The van der Waals surface area contributed by atoms with Gasteiger partial charge in [-0.15, -0.1) is 11.3 Å². The van der Waals surface area contributed by atoms with Crippen molar-refractivity contribution in [1.29, 1.82) is 0 Å². The smallest absolute Gasteiger partial charge is 0.227 e. The first-order valence-corrected chi connectivity index (χ1v) is 8.76. The van der Waals surface area contributed by atoms with E-state index in [0.717, 1.165) is 47.1 Å². The molecular weight excluding hydrogens is 292 g/mol. The van der Waals surface area contributed by atoms with Gasteiger partial charge in [0.2, 0.25) is 5.91 Å². The lowest BCUT2D eigenvalue weighted by Crippen LogP contribution is -2.36. The summed E-state index contributed by atoms with van der Waals surface area (Å²) in [6, 6.07) is 8.38. The van der Waals surface area contributed by atoms with Crippen LogP contribution >= 0.6 is 11.3 Å². The zero-order valence-electron chi connectivity index (χ0n) is 13.3. The highest BCUT2D eigenvalue weighted by molar-refractivity contribution is 7.15. The van der Waals surface area contributed by atoms with Crippen LogP contribution in [-0.4, -0.2) is 28.9 Å². The molecule has 22 heavy (non-hydrogen) atoms. The number of hydrogen-bond donors (Lipinski definition) is 0. The molecule has 1 aliphatic rings. The SMILES string of the molecule is Cc1cccc(-c2nc(C)c(CC(=O)N3CCCCC3)s2)c1. The van der Waals surface area contributed by atoms with E-state index in [0.29, 0.717) is 6.42 Å². The molecule has 0 radical (unpaired) electrons. The van der Waals surface area contributed by atoms with Crippen molar-refractivity contribution in [3.63, 3.8) is 0 Å². The molecular formula is C18H22N2OS. The average Bonchev–Trinajstić information content (AvgIpc) is 2.89. The Labute approximate surface area is 136 Å². The second kappa shape index (κ2) is 6.61. The first-order chi connectivity index (χ1) is 10.6. The maximum Gasteiger partial charge on any atom is 0.227 e. The van der Waals surface area contributed by atoms with E-state index in [4.69, 9.17) is 0 Å². The predicted octanol–water partition coefficient (Wildman–Crippen LogP) is 3.98. The fraction of sp³-hybridized carbons (Fsp3) is 0.444. The molecule has 1 amide bonds. The molecule has 1 aromatic heterocycles. The van der Waals surface area contributed by atoms with Crippen molar-refractivity contribution in [2.24, 2.45) is 0 Å². The Hall–Kier alpha value is -1.68. The number of aromatic nitrogens is 1. The minimum atomic E-state index is 0.252. The summed E-state index contributed by atoms with van der Waals surface area (Å²) in [5, 5.41) is 1.02. The third-order valence-electron chi connectivity index (χ3n) is 4.18. The van der Waals surface area contributed by atoms with Crippen molar-refractivity contribution < 1.29 is 4.79 Å². The first-order valence-electron chi connectivity index (χ1n) is 7.94. The predicted molar refractivity (Wildman–Crippen MR) is 91.2 cm³/mol. The van der Waals surface area contributed by atoms with Gasteiger partial charge in [-0.2, -0.15) is 0 Å². The van der Waals surface area contributed by atoms with Crippen LogP contribution in [0.1, 0.15) is 35.4 Å². The van der Waals surface area contributed by atoms with E-state index in [-0.39, 0.29) is 5.91 Å². The van der Waals surface area contributed by atoms with Gasteiger partial charge in [-0.05, 0) is 39.2 Å². The number of aryl methyl sites for hydroxylation is 2. The molecule has 0 atom stereocenters. The average molecular weight is 314 g/mol. The maximum absolute atomic E-state index is 12.4. The van der Waals surface area contributed by atoms with E-state index < -0.39 is 0 Å². The Morgan fingerprint density at radius 2 is 2.00 bits per heavy atom. The molecule has 2 heterocycles. The number of hydrogen-bond acceptors (Lipinski definition) is 3. The molecule has 1 fully saturated rings. The highest BCUT2D eigenvalue weighted by atomic mass is 32.1. The molecule has 1 saturated heterocycles. The summed E-state index contributed by atoms with van der Waals surface area (Å²) in [6.07, 6.45) is 4.03. The molecule has 4 heteroatoms. The molecule has 2 aromatic rings. The number of amides is 1. The van der Waals surface area contributed by atoms with Crippen LogP contribution in [0.15, 0.2) is 24.3 Å². The number of benzene rings is 1. The van der Waals surface area contributed by atoms with Gasteiger partial charge in [0.25, 0.3) is 0 Å². The zero-order valence-corrected chi connectivity index (χ0v) is 14.1. The van der Waals surface area contributed by atoms with Crippen molar-refractivity contribution in [2.45, 2.75) is 39.5 Å². The molecule has 0 saturated carbocycles. The number of rotatable bonds is 3. The summed E-state index contributed by atoms with van der Waals surface area (Å²) in [6.45, 7) is 5.93. The van der Waals surface area contributed by atoms with Crippen LogP contribution in [0.4, 0.5) is 0 Å². The van der Waals surface area contributed by atoms with Gasteiger partial charge in [0.05, 0.1) is 12.1 Å². The molecule has 1 aliphatic heterocycles. The standard InChI is InChI=1S/C18H22N2OS/c1-13-7-6-8-15(11-13)18-19-14(2)16(22-18)12-17(21)20-9-4-3-5-10-20/h6-8,11H,3-5,9-10,12H2,1-2H3. The normalized spacial score (nSPS) is 15.1. The maximum atomic E-state index is 12.4. The topological polar surface area (TPSA) is 33.2 Å². The number of thiazole rings is 1. The Morgan fingerprint density at radius 3 is 2.73 bits per heavy atom. The van der Waals surface area contributed by atoms with Gasteiger partial charge >= 0.3 is 0 Å². The van der Waals surface area contributed by atoms with Crippen molar-refractivity contribution >= 4 is 17.2 Å². The van der Waals surface area contributed by atoms with E-state index in [1.165, 1.54) is 12.0 Å². The van der Waals surface area contributed by atoms with Gasteiger partial charge in [-0.3, -0.25) is 4.79 Å². The van der Waals surface area contributed by atoms with Crippen LogP contribution in [0.5, 0.6) is 0 Å². The number of carbonyl (C=O) groups excluding carboxylic acids is 1. The Balaban J connectivity index is 1.76. The van der Waals surface area contributed by atoms with Gasteiger partial charge in [-0.25, -0.2) is 4.98 Å². The van der Waals surface area contributed by atoms with Crippen LogP contribution < -0.4 is 0 Å². The molecule has 3 rings (SSSR count). The largest absolute Gasteiger partial charge is 0.342 e. The minimum Gasteiger partial charge on any atom is -0.342 e. The summed E-state index contributed by atoms with van der Waals surface area (Å²) >= 11 is 1.66. The third kappa shape index (κ3) is 3.38. The number of piperidine rings is 1. The minimum absolute atomic E-state index is 0.252. The highest BCUT2D eigenvalue weighted by Gasteiger charge is 2.19. The first kappa shape index (κ1) is 15.2. The van der Waals surface area contributed by atoms with Crippen LogP contribution in [0.2, 0.25) is 0 Å². The second-order valence-electron chi connectivity index (χ2n) is 6.02. The Morgan fingerprint density at radius 1 is 1.23 bits per heavy atom. The molecule has 116 valence electrons. The lowest BCUT2D eigenvalue weighted by Gasteiger charge is -2.26. The molecule has 0 N–H and O–H groups in total. The van der Waals surface area contributed by atoms with Gasteiger partial charge in [0, 0.05) is 23.5 Å². The quantitative estimate of drug-likeness (QED) is 0.858. The molecule has 3 nitrogen and oxygen atoms in total. The fourth-order valence-corrected chi connectivity index (χ4v) is 3.94. The van der Waals surface area contributed by atoms with Gasteiger partial charge < -0.3 is 4.90 Å². The number of carbonyl (C=O) groups is 1. The summed E-state index contributed by atoms with van der Waals surface area (Å²) in [7, 11) is 0. The zero-order chi connectivity index (χ0) is 15.5. The Bertz CT molecular complexity index is 671. The van der Waals surface area contributed by atoms with Crippen LogP contribution in [0.3, 0.4) is 0 Å². The van der Waals surface area contributed by atoms with Crippen LogP contribution in [0.25, 0.3) is 10.6 Å². The van der Waals surface area contributed by atoms with Gasteiger partial charge in [0.1, 0.15) is 5.01 Å². The van der Waals surface area contributed by atoms with Crippen molar-refractivity contribution in [2.75, 3.05) is 13.1 Å². The van der Waals surface area contributed by atoms with Crippen LogP contribution in [0, 0.1) is 13.8 Å². The summed E-state index contributed by atoms with van der Waals surface area (Å²) in [5.74, 6) is 0.252. The van der Waals surface area contributed by atoms with E-state index in [1.54, 1.807) is 11.3 Å². The summed E-state index contributed by atoms with van der Waals surface area (Å²) in [4.78, 5) is 20.2. The van der Waals surface area contributed by atoms with E-state index in [9.17, 15) is 4.79 Å². The molecule has 0 unspecified atom stereocenters. The summed E-state index contributed by atoms with van der Waals surface area (Å²) < 4.78 is 0. The molecule has 1 aromatic carbocycles. The highest BCUT2D eigenvalue weighted by Crippen LogP contribution is 2.29. The number of likely N-dealkylation sites (tertiary alicyclic amines) is 1. The number of nitrogens with zero attached hydrogens (tertiary/aromatic N) is 2. The van der Waals surface area contributed by atoms with E-state index in [1.807, 2.05) is 11.8 Å². The monoisotopic (exact) mass is 314 g/mol. The summed E-state index contributed by atoms with van der Waals surface area (Å²) in [5.41, 5.74) is 3.37. The third-order valence-corrected chi connectivity index (χ3v) is 5.38. The van der Waals surface area contributed by atoms with Crippen molar-refractivity contribution in [3.8, 4) is 10.6 Å².